The van der Waals surface area contributed by atoms with Crippen molar-refractivity contribution in [2.75, 3.05) is 39.4 Å². The molecule has 1 aliphatic rings. The molecule has 1 heterocycles. The molecule has 0 bridgehead atoms. The minimum atomic E-state index is 0.534. The summed E-state index contributed by atoms with van der Waals surface area (Å²) in [5, 5.41) is 8.48. The Labute approximate surface area is 141 Å². The van der Waals surface area contributed by atoms with Crippen LogP contribution in [0, 0.1) is 0 Å². The van der Waals surface area contributed by atoms with Gasteiger partial charge < -0.3 is 10.1 Å². The zero-order chi connectivity index (χ0) is 15.6. The monoisotopic (exact) mass is 340 g/mol. The summed E-state index contributed by atoms with van der Waals surface area (Å²) in [4.78, 5) is 2.40. The molecule has 1 aromatic carbocycles. The zero-order valence-electron chi connectivity index (χ0n) is 12.4. The number of nitrogens with one attached hydrogen (secondary N) is 2. The van der Waals surface area contributed by atoms with E-state index in [1.54, 1.807) is 6.21 Å². The fraction of sp³-hybridized carbons (Fsp3) is 0.467. The zero-order valence-corrected chi connectivity index (χ0v) is 14.0. The van der Waals surface area contributed by atoms with Crippen molar-refractivity contribution in [2.45, 2.75) is 6.42 Å². The molecular formula is C15H21ClN4OS. The summed E-state index contributed by atoms with van der Waals surface area (Å²) in [5.74, 6) is 0. The Balaban J connectivity index is 1.56. The van der Waals surface area contributed by atoms with Gasteiger partial charge in [0.1, 0.15) is 0 Å². The van der Waals surface area contributed by atoms with Crippen molar-refractivity contribution in [3.63, 3.8) is 0 Å². The van der Waals surface area contributed by atoms with E-state index < -0.39 is 0 Å². The highest BCUT2D eigenvalue weighted by atomic mass is 35.5. The van der Waals surface area contributed by atoms with Crippen LogP contribution >= 0.6 is 23.8 Å². The van der Waals surface area contributed by atoms with Crippen LogP contribution in [0.25, 0.3) is 0 Å². The Morgan fingerprint density at radius 2 is 2.05 bits per heavy atom. The molecule has 22 heavy (non-hydrogen) atoms. The van der Waals surface area contributed by atoms with Crippen LogP contribution in [0.2, 0.25) is 5.02 Å². The number of halogens is 1. The lowest BCUT2D eigenvalue weighted by molar-refractivity contribution is 0.0376. The number of nitrogens with zero attached hydrogens (tertiary/aromatic N) is 2. The second kappa shape index (κ2) is 9.74. The Hall–Kier alpha value is -1.21. The molecule has 0 radical (unpaired) electrons. The van der Waals surface area contributed by atoms with Gasteiger partial charge in [-0.15, -0.1) is 0 Å². The lowest BCUT2D eigenvalue weighted by atomic mass is 10.2. The van der Waals surface area contributed by atoms with Gasteiger partial charge in [-0.25, -0.2) is 0 Å². The lowest BCUT2D eigenvalue weighted by Gasteiger charge is -2.26. The predicted molar refractivity (Wildman–Crippen MR) is 94.7 cm³/mol. The molecular weight excluding hydrogens is 320 g/mol. The average Bonchev–Trinajstić information content (AvgIpc) is 2.54. The minimum Gasteiger partial charge on any atom is -0.379 e. The third kappa shape index (κ3) is 6.70. The molecule has 5 nitrogen and oxygen atoms in total. The molecule has 1 aliphatic heterocycles. The highest BCUT2D eigenvalue weighted by Crippen LogP contribution is 2.07. The summed E-state index contributed by atoms with van der Waals surface area (Å²) in [5.41, 5.74) is 3.77. The molecule has 2 rings (SSSR count). The van der Waals surface area contributed by atoms with Gasteiger partial charge >= 0.3 is 0 Å². The molecule has 1 saturated heterocycles. The highest BCUT2D eigenvalue weighted by molar-refractivity contribution is 7.80. The molecule has 1 aromatic rings. The van der Waals surface area contributed by atoms with E-state index in [-0.39, 0.29) is 0 Å². The molecule has 120 valence electrons. The number of hydrazone groups is 1. The molecule has 0 aromatic heterocycles. The van der Waals surface area contributed by atoms with Gasteiger partial charge in [-0.2, -0.15) is 5.10 Å². The number of ether oxygens (including phenoxy) is 1. The Kier molecular flexibility index (Phi) is 7.59. The van der Waals surface area contributed by atoms with Crippen LogP contribution in [-0.4, -0.2) is 55.6 Å². The maximum atomic E-state index is 5.82. The van der Waals surface area contributed by atoms with E-state index in [4.69, 9.17) is 28.6 Å². The van der Waals surface area contributed by atoms with Crippen molar-refractivity contribution >= 4 is 35.1 Å². The van der Waals surface area contributed by atoms with Gasteiger partial charge in [0.15, 0.2) is 5.11 Å². The smallest absolute Gasteiger partial charge is 0.186 e. The van der Waals surface area contributed by atoms with E-state index >= 15 is 0 Å². The van der Waals surface area contributed by atoms with E-state index in [1.807, 2.05) is 24.3 Å². The first-order valence-electron chi connectivity index (χ1n) is 7.36. The van der Waals surface area contributed by atoms with E-state index in [9.17, 15) is 0 Å². The summed E-state index contributed by atoms with van der Waals surface area (Å²) in [6.07, 6.45) is 2.75. The van der Waals surface area contributed by atoms with Gasteiger partial charge in [0.05, 0.1) is 19.4 Å². The number of benzene rings is 1. The van der Waals surface area contributed by atoms with Crippen molar-refractivity contribution in [1.29, 1.82) is 0 Å². The van der Waals surface area contributed by atoms with E-state index in [0.29, 0.717) is 10.1 Å². The van der Waals surface area contributed by atoms with Gasteiger partial charge in [0.2, 0.25) is 0 Å². The topological polar surface area (TPSA) is 48.9 Å². The van der Waals surface area contributed by atoms with E-state index in [2.05, 4.69) is 20.7 Å². The minimum absolute atomic E-state index is 0.534. The van der Waals surface area contributed by atoms with Crippen LogP contribution in [0.5, 0.6) is 0 Å². The van der Waals surface area contributed by atoms with Crippen molar-refractivity contribution in [3.8, 4) is 0 Å². The Bertz CT molecular complexity index is 489. The largest absolute Gasteiger partial charge is 0.379 e. The maximum Gasteiger partial charge on any atom is 0.186 e. The first-order valence-corrected chi connectivity index (χ1v) is 8.15. The van der Waals surface area contributed by atoms with Crippen LogP contribution < -0.4 is 10.7 Å². The van der Waals surface area contributed by atoms with Crippen molar-refractivity contribution in [3.05, 3.63) is 34.9 Å². The van der Waals surface area contributed by atoms with Crippen LogP contribution in [0.15, 0.2) is 29.4 Å². The van der Waals surface area contributed by atoms with Crippen LogP contribution in [-0.2, 0) is 4.74 Å². The first-order chi connectivity index (χ1) is 10.7. The van der Waals surface area contributed by atoms with Gasteiger partial charge in [0.25, 0.3) is 0 Å². The molecule has 0 atom stereocenters. The lowest BCUT2D eigenvalue weighted by Crippen LogP contribution is -2.39. The van der Waals surface area contributed by atoms with Crippen molar-refractivity contribution in [2.24, 2.45) is 5.10 Å². The molecule has 2 N–H and O–H groups in total. The molecule has 0 spiro atoms. The molecule has 1 fully saturated rings. The standard InChI is InChI=1S/C15H21ClN4OS/c16-14-4-2-13(3-5-14)12-18-19-15(22)17-6-1-7-20-8-10-21-11-9-20/h2-5,12H,1,6-11H2,(H2,17,19,22)/b18-12+. The van der Waals surface area contributed by atoms with Crippen LogP contribution in [0.3, 0.4) is 0 Å². The average molecular weight is 341 g/mol. The number of hydrogen-bond donors (Lipinski definition) is 2. The number of hydrogen-bond acceptors (Lipinski definition) is 4. The van der Waals surface area contributed by atoms with Crippen molar-refractivity contribution < 1.29 is 4.74 Å². The van der Waals surface area contributed by atoms with E-state index in [1.165, 1.54) is 0 Å². The number of thiocarbonyl (C=S) groups is 1. The molecule has 0 saturated carbocycles. The Morgan fingerprint density at radius 3 is 2.77 bits per heavy atom. The highest BCUT2D eigenvalue weighted by Gasteiger charge is 2.08. The SMILES string of the molecule is S=C(NCCCN1CCOCC1)N/N=C/c1ccc(Cl)cc1. The van der Waals surface area contributed by atoms with Gasteiger partial charge in [-0.3, -0.25) is 10.3 Å². The summed E-state index contributed by atoms with van der Waals surface area (Å²) >= 11 is 11.0. The third-order valence-electron chi connectivity index (χ3n) is 3.29. The second-order valence-electron chi connectivity index (χ2n) is 4.99. The predicted octanol–water partition coefficient (Wildman–Crippen LogP) is 1.86. The molecule has 0 aliphatic carbocycles. The summed E-state index contributed by atoms with van der Waals surface area (Å²) in [6, 6.07) is 7.44. The van der Waals surface area contributed by atoms with Crippen LogP contribution in [0.4, 0.5) is 0 Å². The first kappa shape index (κ1) is 17.1. The fourth-order valence-electron chi connectivity index (χ4n) is 2.08. The maximum absolute atomic E-state index is 5.82. The van der Waals surface area contributed by atoms with Gasteiger partial charge in [-0.05, 0) is 42.9 Å². The van der Waals surface area contributed by atoms with Crippen LogP contribution in [0.1, 0.15) is 12.0 Å². The van der Waals surface area contributed by atoms with Gasteiger partial charge in [-0.1, -0.05) is 23.7 Å². The summed E-state index contributed by atoms with van der Waals surface area (Å²) in [7, 11) is 0. The number of morpholine rings is 1. The fourth-order valence-corrected chi connectivity index (χ4v) is 2.36. The van der Waals surface area contributed by atoms with Crippen molar-refractivity contribution in [1.82, 2.24) is 15.6 Å². The summed E-state index contributed by atoms with van der Waals surface area (Å²) in [6.45, 7) is 5.62. The normalized spacial score (nSPS) is 15.9. The third-order valence-corrected chi connectivity index (χ3v) is 3.78. The van der Waals surface area contributed by atoms with Gasteiger partial charge in [0, 0.05) is 24.7 Å². The molecule has 0 amide bonds. The van der Waals surface area contributed by atoms with E-state index in [0.717, 1.165) is 51.4 Å². The molecule has 7 heteroatoms. The summed E-state index contributed by atoms with van der Waals surface area (Å²) < 4.78 is 5.32. The quantitative estimate of drug-likeness (QED) is 0.358. The number of rotatable bonds is 6. The Morgan fingerprint density at radius 1 is 1.32 bits per heavy atom. The second-order valence-corrected chi connectivity index (χ2v) is 5.83. The molecule has 0 unspecified atom stereocenters.